The van der Waals surface area contributed by atoms with Crippen LogP contribution in [0.4, 0.5) is 4.79 Å². The van der Waals surface area contributed by atoms with Crippen molar-refractivity contribution in [3.8, 4) is 0 Å². The van der Waals surface area contributed by atoms with E-state index in [1.807, 2.05) is 20.9 Å². The van der Waals surface area contributed by atoms with Gasteiger partial charge in [-0.25, -0.2) is 9.59 Å². The van der Waals surface area contributed by atoms with Crippen molar-refractivity contribution in [1.29, 1.82) is 0 Å². The summed E-state index contributed by atoms with van der Waals surface area (Å²) in [4.78, 5) is 36.4. The zero-order valence-corrected chi connectivity index (χ0v) is 16.4. The second-order valence-electron chi connectivity index (χ2n) is 6.12. The average molecular weight is 384 g/mol. The minimum atomic E-state index is -1.25. The molecular weight excluding hydrogens is 360 g/mol. The predicted octanol–water partition coefficient (Wildman–Crippen LogP) is 2.18. The van der Waals surface area contributed by atoms with Crippen LogP contribution in [0.15, 0.2) is 36.4 Å². The summed E-state index contributed by atoms with van der Waals surface area (Å²) in [6, 6.07) is 7.85. The van der Waals surface area contributed by atoms with Gasteiger partial charge in [0.15, 0.2) is 0 Å². The highest BCUT2D eigenvalue weighted by molar-refractivity contribution is 5.98. The van der Waals surface area contributed by atoms with E-state index in [-0.39, 0.29) is 0 Å². The molecule has 2 N–H and O–H groups in total. The topological polar surface area (TPSA) is 102 Å². The van der Waals surface area contributed by atoms with Crippen molar-refractivity contribution >= 4 is 24.0 Å². The number of carbonyl (C=O) groups is 3. The summed E-state index contributed by atoms with van der Waals surface area (Å²) >= 11 is 0. The second-order valence-corrected chi connectivity index (χ2v) is 6.12. The molecule has 0 bridgehead atoms. The van der Waals surface area contributed by atoms with E-state index in [4.69, 9.17) is 4.74 Å². The highest BCUT2D eigenvalue weighted by Gasteiger charge is 2.25. The Morgan fingerprint density at radius 3 is 2.46 bits per heavy atom. The van der Waals surface area contributed by atoms with E-state index in [1.54, 1.807) is 48.0 Å². The van der Waals surface area contributed by atoms with Gasteiger partial charge in [0.25, 0.3) is 5.91 Å². The molecule has 0 unspecified atom stereocenters. The van der Waals surface area contributed by atoms with Crippen LogP contribution in [0.5, 0.6) is 0 Å². The van der Waals surface area contributed by atoms with Crippen molar-refractivity contribution in [2.75, 3.05) is 6.54 Å². The van der Waals surface area contributed by atoms with Crippen molar-refractivity contribution in [3.63, 3.8) is 0 Å². The van der Waals surface area contributed by atoms with E-state index in [0.29, 0.717) is 12.1 Å². The van der Waals surface area contributed by atoms with Gasteiger partial charge in [0.2, 0.25) is 6.10 Å². The van der Waals surface area contributed by atoms with Crippen molar-refractivity contribution < 1.29 is 19.1 Å². The number of amides is 3. The fourth-order valence-electron chi connectivity index (χ4n) is 2.62. The molecule has 3 amide bonds. The summed E-state index contributed by atoms with van der Waals surface area (Å²) in [5.41, 5.74) is 2.94. The summed E-state index contributed by atoms with van der Waals surface area (Å²) in [6.07, 6.45) is 1.59. The molecule has 0 radical (unpaired) electrons. The van der Waals surface area contributed by atoms with E-state index in [2.05, 4.69) is 15.7 Å². The second kappa shape index (κ2) is 9.50. The molecule has 0 spiro atoms. The summed E-state index contributed by atoms with van der Waals surface area (Å²) in [6.45, 7) is 5.82. The Bertz CT molecular complexity index is 887. The van der Waals surface area contributed by atoms with Gasteiger partial charge in [0, 0.05) is 36.5 Å². The molecule has 148 valence electrons. The van der Waals surface area contributed by atoms with Crippen LogP contribution in [0.25, 0.3) is 6.08 Å². The Morgan fingerprint density at radius 2 is 1.89 bits per heavy atom. The molecule has 1 atom stereocenters. The standard InChI is InChI=1S/C20H24N4O4/c1-5-21-20(27)22-19(26)18(15-9-7-6-8-10-15)28-17(25)12-11-16-13(2)23-24(4)14(16)3/h6-12,18H,5H2,1-4H3,(H2,21,22,26,27)/b12-11+/t18-/m1/s1. The Balaban J connectivity index is 2.17. The molecule has 8 heteroatoms. The lowest BCUT2D eigenvalue weighted by atomic mass is 10.1. The van der Waals surface area contributed by atoms with Crippen LogP contribution < -0.4 is 10.6 Å². The molecule has 1 aromatic carbocycles. The van der Waals surface area contributed by atoms with Crippen LogP contribution >= 0.6 is 0 Å². The lowest BCUT2D eigenvalue weighted by molar-refractivity contribution is -0.151. The molecule has 2 rings (SSSR count). The van der Waals surface area contributed by atoms with Crippen LogP contribution in [0.1, 0.15) is 35.5 Å². The summed E-state index contributed by atoms with van der Waals surface area (Å²) in [7, 11) is 1.81. The van der Waals surface area contributed by atoms with Crippen LogP contribution in [0, 0.1) is 13.8 Å². The lowest BCUT2D eigenvalue weighted by Gasteiger charge is -2.16. The number of benzene rings is 1. The molecule has 0 aliphatic carbocycles. The number of ether oxygens (including phenoxy) is 1. The number of aryl methyl sites for hydroxylation is 2. The van der Waals surface area contributed by atoms with E-state index in [0.717, 1.165) is 17.0 Å². The maximum atomic E-state index is 12.5. The number of carbonyl (C=O) groups excluding carboxylic acids is 3. The normalized spacial score (nSPS) is 11.9. The molecule has 28 heavy (non-hydrogen) atoms. The van der Waals surface area contributed by atoms with Gasteiger partial charge in [0.1, 0.15) is 0 Å². The maximum Gasteiger partial charge on any atom is 0.331 e. The lowest BCUT2D eigenvalue weighted by Crippen LogP contribution is -2.42. The van der Waals surface area contributed by atoms with E-state index in [9.17, 15) is 14.4 Å². The van der Waals surface area contributed by atoms with E-state index >= 15 is 0 Å². The number of rotatable bonds is 6. The molecule has 2 aromatic rings. The van der Waals surface area contributed by atoms with Gasteiger partial charge in [-0.05, 0) is 26.8 Å². The van der Waals surface area contributed by atoms with Gasteiger partial charge >= 0.3 is 12.0 Å². The molecule has 0 aliphatic rings. The fourth-order valence-corrected chi connectivity index (χ4v) is 2.62. The number of aromatic nitrogens is 2. The van der Waals surface area contributed by atoms with Crippen molar-refractivity contribution in [1.82, 2.24) is 20.4 Å². The van der Waals surface area contributed by atoms with E-state index in [1.165, 1.54) is 6.08 Å². The highest BCUT2D eigenvalue weighted by atomic mass is 16.5. The van der Waals surface area contributed by atoms with Gasteiger partial charge in [-0.2, -0.15) is 5.10 Å². The number of esters is 1. The van der Waals surface area contributed by atoms with Crippen molar-refractivity contribution in [2.24, 2.45) is 7.05 Å². The van der Waals surface area contributed by atoms with Crippen LogP contribution in [0.2, 0.25) is 0 Å². The summed E-state index contributed by atoms with van der Waals surface area (Å²) in [5, 5.41) is 8.92. The Morgan fingerprint density at radius 1 is 1.21 bits per heavy atom. The Labute approximate surface area is 163 Å². The van der Waals surface area contributed by atoms with Crippen LogP contribution in [-0.2, 0) is 21.4 Å². The van der Waals surface area contributed by atoms with Gasteiger partial charge in [-0.3, -0.25) is 14.8 Å². The molecule has 0 saturated heterocycles. The maximum absolute atomic E-state index is 12.5. The van der Waals surface area contributed by atoms with Crippen molar-refractivity contribution in [3.05, 3.63) is 58.9 Å². The number of nitrogens with one attached hydrogen (secondary N) is 2. The smallest absolute Gasteiger partial charge is 0.331 e. The fraction of sp³-hybridized carbons (Fsp3) is 0.300. The third-order valence-electron chi connectivity index (χ3n) is 4.10. The number of nitrogens with zero attached hydrogens (tertiary/aromatic N) is 2. The van der Waals surface area contributed by atoms with Crippen molar-refractivity contribution in [2.45, 2.75) is 26.9 Å². The largest absolute Gasteiger partial charge is 0.444 e. The first-order valence-electron chi connectivity index (χ1n) is 8.86. The minimum Gasteiger partial charge on any atom is -0.444 e. The predicted molar refractivity (Wildman–Crippen MR) is 104 cm³/mol. The van der Waals surface area contributed by atoms with Crippen LogP contribution in [0.3, 0.4) is 0 Å². The number of urea groups is 1. The quantitative estimate of drug-likeness (QED) is 0.587. The first-order chi connectivity index (χ1) is 13.3. The first kappa shape index (κ1) is 20.9. The Kier molecular flexibility index (Phi) is 7.08. The molecule has 1 aromatic heterocycles. The SMILES string of the molecule is CCNC(=O)NC(=O)[C@H](OC(=O)/C=C/c1c(C)nn(C)c1C)c1ccccc1. The number of hydrogen-bond acceptors (Lipinski definition) is 5. The summed E-state index contributed by atoms with van der Waals surface area (Å²) in [5.74, 6) is -1.44. The molecular formula is C20H24N4O4. The first-order valence-corrected chi connectivity index (χ1v) is 8.86. The van der Waals surface area contributed by atoms with E-state index < -0.39 is 24.0 Å². The van der Waals surface area contributed by atoms with Gasteiger partial charge in [0.05, 0.1) is 5.69 Å². The zero-order valence-electron chi connectivity index (χ0n) is 16.4. The molecule has 0 fully saturated rings. The van der Waals surface area contributed by atoms with Gasteiger partial charge in [-0.1, -0.05) is 30.3 Å². The molecule has 8 nitrogen and oxygen atoms in total. The monoisotopic (exact) mass is 384 g/mol. The van der Waals surface area contributed by atoms with Gasteiger partial charge in [-0.15, -0.1) is 0 Å². The highest BCUT2D eigenvalue weighted by Crippen LogP contribution is 2.19. The molecule has 0 aliphatic heterocycles. The Hall–Kier alpha value is -3.42. The molecule has 0 saturated carbocycles. The minimum absolute atomic E-state index is 0.363. The number of hydrogen-bond donors (Lipinski definition) is 2. The third kappa shape index (κ3) is 5.29. The zero-order chi connectivity index (χ0) is 20.7. The third-order valence-corrected chi connectivity index (χ3v) is 4.10. The summed E-state index contributed by atoms with van der Waals surface area (Å²) < 4.78 is 7.06. The van der Waals surface area contributed by atoms with Gasteiger partial charge < -0.3 is 10.1 Å². The number of imide groups is 1. The molecule has 1 heterocycles. The van der Waals surface area contributed by atoms with Crippen LogP contribution in [-0.4, -0.2) is 34.2 Å². The average Bonchev–Trinajstić information content (AvgIpc) is 2.90.